The Kier molecular flexibility index (Phi) is 16.1. The van der Waals surface area contributed by atoms with Gasteiger partial charge in [-0.1, -0.05) is 13.3 Å². The van der Waals surface area contributed by atoms with E-state index in [1.165, 1.54) is 0 Å². The number of aliphatic hydroxyl groups excluding tert-OH is 10. The van der Waals surface area contributed by atoms with Gasteiger partial charge in [-0.05, 0) is 12.5 Å². The van der Waals surface area contributed by atoms with Gasteiger partial charge in [-0.25, -0.2) is 4.79 Å². The first-order chi connectivity index (χ1) is 21.6. The van der Waals surface area contributed by atoms with Gasteiger partial charge in [0.25, 0.3) is 5.79 Å². The Morgan fingerprint density at radius 2 is 1.67 bits per heavy atom. The third kappa shape index (κ3) is 10.2. The monoisotopic (exact) mass is 673 g/mol. The van der Waals surface area contributed by atoms with Crippen molar-refractivity contribution in [1.82, 2.24) is 5.32 Å². The van der Waals surface area contributed by atoms with E-state index in [9.17, 15) is 65.8 Å². The molecule has 0 aromatic carbocycles. The highest BCUT2D eigenvalue weighted by Gasteiger charge is 2.57. The average Bonchev–Trinajstić information content (AvgIpc) is 3.02. The highest BCUT2D eigenvalue weighted by molar-refractivity contribution is 5.76. The molecule has 0 aliphatic carbocycles. The Labute approximate surface area is 264 Å². The van der Waals surface area contributed by atoms with Gasteiger partial charge < -0.3 is 85.2 Å². The molecule has 2 saturated heterocycles. The fourth-order valence-electron chi connectivity index (χ4n) is 4.86. The summed E-state index contributed by atoms with van der Waals surface area (Å²) >= 11 is 0. The minimum absolute atomic E-state index is 0.332. The largest absolute Gasteiger partial charge is 0.501 e. The normalized spacial score (nSPS) is 35.2. The van der Waals surface area contributed by atoms with Gasteiger partial charge in [-0.2, -0.15) is 0 Å². The van der Waals surface area contributed by atoms with Gasteiger partial charge in [-0.3, -0.25) is 4.79 Å². The molecule has 2 rings (SSSR count). The molecular weight excluding hydrogens is 626 g/mol. The first-order valence-electron chi connectivity index (χ1n) is 14.7. The molecule has 2 aliphatic heterocycles. The summed E-state index contributed by atoms with van der Waals surface area (Å²) in [5.41, 5.74) is 0. The molecule has 0 saturated carbocycles. The molecule has 46 heavy (non-hydrogen) atoms. The maximum atomic E-state index is 12.4. The lowest BCUT2D eigenvalue weighted by Crippen LogP contribution is -2.68. The average molecular weight is 674 g/mol. The van der Waals surface area contributed by atoms with Crippen molar-refractivity contribution in [3.63, 3.8) is 0 Å². The highest BCUT2D eigenvalue weighted by atomic mass is 16.7. The third-order valence-electron chi connectivity index (χ3n) is 7.52. The smallest absolute Gasteiger partial charge is 0.364 e. The molecule has 0 bridgehead atoms. The number of unbranched alkanes of at least 4 members (excludes halogenated alkanes) is 1. The molecule has 0 radical (unpaired) electrons. The molecule has 268 valence electrons. The minimum atomic E-state index is -2.82. The van der Waals surface area contributed by atoms with Gasteiger partial charge in [0.15, 0.2) is 6.29 Å². The Hall–Kier alpha value is -2.08. The molecule has 2 fully saturated rings. The molecule has 19 heteroatoms. The van der Waals surface area contributed by atoms with Crippen LogP contribution in [0.15, 0.2) is 12.3 Å². The molecule has 0 aromatic heterocycles. The molecule has 1 amide bonds. The molecule has 2 aliphatic rings. The predicted octanol–water partition coefficient (Wildman–Crippen LogP) is -5.61. The number of aliphatic carboxylic acids is 1. The van der Waals surface area contributed by atoms with E-state index in [1.807, 2.05) is 6.92 Å². The van der Waals surface area contributed by atoms with Crippen molar-refractivity contribution in [2.24, 2.45) is 0 Å². The lowest BCUT2D eigenvalue weighted by atomic mass is 9.88. The van der Waals surface area contributed by atoms with Gasteiger partial charge in [0.05, 0.1) is 44.8 Å². The van der Waals surface area contributed by atoms with Crippen LogP contribution in [0.25, 0.3) is 0 Å². The number of hydrogen-bond acceptors (Lipinski definition) is 17. The van der Waals surface area contributed by atoms with E-state index in [-0.39, 0.29) is 0 Å². The number of carbonyl (C=O) groups excluding carboxylic acids is 1. The van der Waals surface area contributed by atoms with Crippen molar-refractivity contribution in [1.29, 1.82) is 0 Å². The summed E-state index contributed by atoms with van der Waals surface area (Å²) in [7, 11) is 0. The van der Waals surface area contributed by atoms with Crippen molar-refractivity contribution >= 4 is 11.9 Å². The second-order valence-corrected chi connectivity index (χ2v) is 11.1. The number of amides is 1. The summed E-state index contributed by atoms with van der Waals surface area (Å²) in [4.78, 5) is 24.1. The summed E-state index contributed by atoms with van der Waals surface area (Å²) in [5.74, 6) is -5.38. The van der Waals surface area contributed by atoms with Crippen molar-refractivity contribution in [3.05, 3.63) is 12.3 Å². The number of ether oxygens (including phenoxy) is 5. The SMILES string of the molecule is CCCCO/C=C/[C@@H](O)[C@H](O[C@@H]1OC(CO[C@]2(C(=O)O)C[C@@H](O)[C@@H](NC(C)=O)C([C@H](O)[C@H](O)CO)O2)[C@H](O)C(O)[C@@H]1O)C(O)CO. The number of carboxylic acids is 1. The van der Waals surface area contributed by atoms with Crippen LogP contribution >= 0.6 is 0 Å². The quantitative estimate of drug-likeness (QED) is 0.0476. The number of hydrogen-bond donors (Lipinski definition) is 12. The topological polar surface area (TPSA) is 315 Å². The lowest BCUT2D eigenvalue weighted by molar-refractivity contribution is -0.347. The number of carbonyl (C=O) groups is 2. The van der Waals surface area contributed by atoms with E-state index < -0.39 is 123 Å². The van der Waals surface area contributed by atoms with E-state index in [0.29, 0.717) is 6.61 Å². The Bertz CT molecular complexity index is 973. The van der Waals surface area contributed by atoms with Gasteiger partial charge in [0.2, 0.25) is 5.91 Å². The molecule has 2 heterocycles. The Balaban J connectivity index is 2.28. The van der Waals surface area contributed by atoms with Gasteiger partial charge in [0, 0.05) is 13.3 Å². The standard InChI is InChI=1S/C27H47NO18/c1-3-4-6-42-7-5-13(32)23(16(35)10-30)45-25-22(39)21(38)20(37)17(44-25)11-43-27(26(40)41)8-14(33)18(28-12(2)31)24(46-27)19(36)15(34)9-29/h5,7,13-25,29-30,32-39H,3-4,6,8-11H2,1-2H3,(H,28,31)(H,40,41)/b7-5+/t13-,14-,15-,16?,17?,18-,19-,20+,21?,22+,23+,24?,25+,27-/m1/s1. The van der Waals surface area contributed by atoms with Crippen molar-refractivity contribution in [2.45, 2.75) is 118 Å². The van der Waals surface area contributed by atoms with Crippen LogP contribution in [0.3, 0.4) is 0 Å². The minimum Gasteiger partial charge on any atom is -0.501 e. The molecular formula is C27H47NO18. The van der Waals surface area contributed by atoms with E-state index in [1.54, 1.807) is 0 Å². The second-order valence-electron chi connectivity index (χ2n) is 11.1. The van der Waals surface area contributed by atoms with E-state index >= 15 is 0 Å². The van der Waals surface area contributed by atoms with E-state index in [0.717, 1.165) is 32.1 Å². The van der Waals surface area contributed by atoms with Crippen LogP contribution in [0.2, 0.25) is 0 Å². The molecule has 19 nitrogen and oxygen atoms in total. The zero-order chi connectivity index (χ0) is 34.8. The van der Waals surface area contributed by atoms with Crippen LogP contribution in [0.4, 0.5) is 0 Å². The van der Waals surface area contributed by atoms with Crippen LogP contribution in [-0.2, 0) is 33.3 Å². The number of carboxylic acid groups (broad SMARTS) is 1. The number of rotatable bonds is 18. The van der Waals surface area contributed by atoms with Crippen LogP contribution < -0.4 is 5.32 Å². The van der Waals surface area contributed by atoms with Crippen LogP contribution in [0, 0.1) is 0 Å². The first kappa shape index (κ1) is 40.1. The maximum absolute atomic E-state index is 12.4. The van der Waals surface area contributed by atoms with Gasteiger partial charge in [0.1, 0.15) is 61.0 Å². The summed E-state index contributed by atoms with van der Waals surface area (Å²) in [6, 6.07) is -1.47. The molecule has 4 unspecified atom stereocenters. The summed E-state index contributed by atoms with van der Waals surface area (Å²) < 4.78 is 27.1. The first-order valence-corrected chi connectivity index (χ1v) is 14.7. The number of aliphatic hydroxyl groups is 10. The van der Waals surface area contributed by atoms with Crippen molar-refractivity contribution < 1.29 is 89.4 Å². The zero-order valence-electron chi connectivity index (χ0n) is 25.4. The van der Waals surface area contributed by atoms with Crippen LogP contribution in [0.5, 0.6) is 0 Å². The fourth-order valence-corrected chi connectivity index (χ4v) is 4.86. The summed E-state index contributed by atoms with van der Waals surface area (Å²) in [6.07, 6.45) is -19.2. The van der Waals surface area contributed by atoms with E-state index in [2.05, 4.69) is 5.32 Å². The lowest BCUT2D eigenvalue weighted by Gasteiger charge is -2.47. The van der Waals surface area contributed by atoms with Crippen molar-refractivity contribution in [2.75, 3.05) is 26.4 Å². The Morgan fingerprint density at radius 3 is 2.24 bits per heavy atom. The fraction of sp³-hybridized carbons (Fsp3) is 0.852. The second kappa shape index (κ2) is 18.5. The predicted molar refractivity (Wildman–Crippen MR) is 149 cm³/mol. The molecule has 12 N–H and O–H groups in total. The Morgan fingerprint density at radius 1 is 1.02 bits per heavy atom. The van der Waals surface area contributed by atoms with Crippen LogP contribution in [-0.4, -0.2) is 180 Å². The number of nitrogens with one attached hydrogen (secondary N) is 1. The summed E-state index contributed by atoms with van der Waals surface area (Å²) in [5, 5.41) is 115. The van der Waals surface area contributed by atoms with Crippen LogP contribution in [0.1, 0.15) is 33.1 Å². The zero-order valence-corrected chi connectivity index (χ0v) is 25.4. The maximum Gasteiger partial charge on any atom is 0.364 e. The molecule has 14 atom stereocenters. The summed E-state index contributed by atoms with van der Waals surface area (Å²) in [6.45, 7) is 0.473. The highest BCUT2D eigenvalue weighted by Crippen LogP contribution is 2.35. The van der Waals surface area contributed by atoms with Gasteiger partial charge >= 0.3 is 5.97 Å². The van der Waals surface area contributed by atoms with E-state index in [4.69, 9.17) is 23.7 Å². The van der Waals surface area contributed by atoms with Crippen molar-refractivity contribution in [3.8, 4) is 0 Å². The van der Waals surface area contributed by atoms with Gasteiger partial charge in [-0.15, -0.1) is 0 Å². The molecule has 0 aromatic rings. The molecule has 0 spiro atoms. The third-order valence-corrected chi connectivity index (χ3v) is 7.52.